The van der Waals surface area contributed by atoms with Crippen LogP contribution in [0.3, 0.4) is 0 Å². The minimum atomic E-state index is -0.702. The number of hydrogen-bond acceptors (Lipinski definition) is 2. The molecule has 1 amide bonds. The molecule has 4 nitrogen and oxygen atoms in total. The van der Waals surface area contributed by atoms with Gasteiger partial charge in [0.15, 0.2) is 0 Å². The smallest absolute Gasteiger partial charge is 0.269 e. The van der Waals surface area contributed by atoms with Crippen LogP contribution in [-0.2, 0) is 0 Å². The minimum absolute atomic E-state index is 0.155. The van der Waals surface area contributed by atoms with Crippen molar-refractivity contribution in [2.45, 2.75) is 64.0 Å². The quantitative estimate of drug-likeness (QED) is 0.830. The third-order valence-corrected chi connectivity index (χ3v) is 4.56. The van der Waals surface area contributed by atoms with Crippen LogP contribution >= 0.6 is 15.9 Å². The number of nitrogens with zero attached hydrogens (tertiary/aromatic N) is 2. The number of halogens is 1. The van der Waals surface area contributed by atoms with Gasteiger partial charge in [-0.1, -0.05) is 25.7 Å². The summed E-state index contributed by atoms with van der Waals surface area (Å²) >= 11 is 3.42. The van der Waals surface area contributed by atoms with E-state index >= 15 is 0 Å². The van der Waals surface area contributed by atoms with E-state index in [1.54, 1.807) is 0 Å². The van der Waals surface area contributed by atoms with Gasteiger partial charge in [-0.3, -0.25) is 4.79 Å². The second-order valence-electron chi connectivity index (χ2n) is 6.11. The van der Waals surface area contributed by atoms with Gasteiger partial charge >= 0.3 is 0 Å². The van der Waals surface area contributed by atoms with Crippen LogP contribution in [0.25, 0.3) is 0 Å². The summed E-state index contributed by atoms with van der Waals surface area (Å²) in [6, 6.07) is 4.38. The maximum absolute atomic E-state index is 12.6. The third kappa shape index (κ3) is 3.68. The molecule has 21 heavy (non-hydrogen) atoms. The maximum atomic E-state index is 12.6. The van der Waals surface area contributed by atoms with E-state index in [0.717, 1.165) is 43.0 Å². The zero-order valence-electron chi connectivity index (χ0n) is 12.7. The molecule has 0 spiro atoms. The summed E-state index contributed by atoms with van der Waals surface area (Å²) in [6.07, 6.45) is 7.70. The van der Waals surface area contributed by atoms with Crippen molar-refractivity contribution in [3.8, 4) is 6.07 Å². The molecule has 0 aliphatic heterocycles. The van der Waals surface area contributed by atoms with Gasteiger partial charge in [-0.2, -0.15) is 5.26 Å². The van der Waals surface area contributed by atoms with E-state index in [9.17, 15) is 10.1 Å². The largest absolute Gasteiger partial charge is 0.340 e. The molecule has 1 N–H and O–H groups in total. The highest BCUT2D eigenvalue weighted by Gasteiger charge is 2.33. The van der Waals surface area contributed by atoms with Gasteiger partial charge < -0.3 is 9.88 Å². The van der Waals surface area contributed by atoms with Gasteiger partial charge in [0.2, 0.25) is 0 Å². The Bertz CT molecular complexity index is 548. The number of aromatic nitrogens is 1. The SMILES string of the molecule is CC(C)n1cc(Br)cc1C(=O)NC1(C#N)CCCCCC1. The van der Waals surface area contributed by atoms with Crippen molar-refractivity contribution < 1.29 is 4.79 Å². The third-order valence-electron chi connectivity index (χ3n) is 4.13. The second kappa shape index (κ2) is 6.65. The predicted molar refractivity (Wildman–Crippen MR) is 86.0 cm³/mol. The topological polar surface area (TPSA) is 57.8 Å². The van der Waals surface area contributed by atoms with Crippen molar-refractivity contribution in [1.29, 1.82) is 5.26 Å². The van der Waals surface area contributed by atoms with Crippen LogP contribution in [0.1, 0.15) is 68.9 Å². The van der Waals surface area contributed by atoms with Gasteiger partial charge in [0.1, 0.15) is 11.2 Å². The molecule has 1 aliphatic carbocycles. The van der Waals surface area contributed by atoms with Gasteiger partial charge in [0.05, 0.1) is 6.07 Å². The predicted octanol–water partition coefficient (Wildman–Crippen LogP) is 4.18. The molecule has 0 radical (unpaired) electrons. The number of carbonyl (C=O) groups excluding carboxylic acids is 1. The Balaban J connectivity index is 2.22. The van der Waals surface area contributed by atoms with Crippen LogP contribution < -0.4 is 5.32 Å². The Hall–Kier alpha value is -1.28. The van der Waals surface area contributed by atoms with Crippen LogP contribution in [0.2, 0.25) is 0 Å². The zero-order valence-corrected chi connectivity index (χ0v) is 14.2. The van der Waals surface area contributed by atoms with Gasteiger partial charge in [0, 0.05) is 16.7 Å². The van der Waals surface area contributed by atoms with Crippen LogP contribution in [0, 0.1) is 11.3 Å². The molecule has 0 atom stereocenters. The Labute approximate surface area is 134 Å². The summed E-state index contributed by atoms with van der Waals surface area (Å²) in [6.45, 7) is 4.07. The van der Waals surface area contributed by atoms with Gasteiger partial charge in [-0.05, 0) is 48.7 Å². The molecule has 1 aliphatic rings. The molecule has 0 bridgehead atoms. The Kier molecular flexibility index (Phi) is 5.10. The first-order chi connectivity index (χ1) is 9.97. The lowest BCUT2D eigenvalue weighted by atomic mass is 9.91. The molecule has 0 aromatic carbocycles. The summed E-state index contributed by atoms with van der Waals surface area (Å²) in [5.41, 5.74) is -0.0951. The maximum Gasteiger partial charge on any atom is 0.269 e. The molecule has 1 aromatic heterocycles. The van der Waals surface area contributed by atoms with Crippen molar-refractivity contribution >= 4 is 21.8 Å². The Morgan fingerprint density at radius 1 is 1.38 bits per heavy atom. The Morgan fingerprint density at radius 3 is 2.52 bits per heavy atom. The highest BCUT2D eigenvalue weighted by Crippen LogP contribution is 2.27. The fourth-order valence-electron chi connectivity index (χ4n) is 2.93. The summed E-state index contributed by atoms with van der Waals surface area (Å²) in [5.74, 6) is -0.155. The summed E-state index contributed by atoms with van der Waals surface area (Å²) in [7, 11) is 0. The average molecular weight is 352 g/mol. The van der Waals surface area contributed by atoms with E-state index in [1.165, 1.54) is 0 Å². The van der Waals surface area contributed by atoms with Crippen molar-refractivity contribution in [3.05, 3.63) is 22.4 Å². The number of hydrogen-bond donors (Lipinski definition) is 1. The number of nitrogens with one attached hydrogen (secondary N) is 1. The lowest BCUT2D eigenvalue weighted by Gasteiger charge is -2.26. The first-order valence-electron chi connectivity index (χ1n) is 7.58. The first-order valence-corrected chi connectivity index (χ1v) is 8.38. The lowest BCUT2D eigenvalue weighted by molar-refractivity contribution is 0.0902. The first kappa shape index (κ1) is 16.1. The van der Waals surface area contributed by atoms with Crippen molar-refractivity contribution in [3.63, 3.8) is 0 Å². The molecule has 1 heterocycles. The fourth-order valence-corrected chi connectivity index (χ4v) is 3.37. The van der Waals surface area contributed by atoms with Crippen molar-refractivity contribution in [1.82, 2.24) is 9.88 Å². The molecule has 0 unspecified atom stereocenters. The van der Waals surface area contributed by atoms with E-state index < -0.39 is 5.54 Å². The highest BCUT2D eigenvalue weighted by atomic mass is 79.9. The van der Waals surface area contributed by atoms with Gasteiger partial charge in [-0.25, -0.2) is 0 Å². The normalized spacial score (nSPS) is 18.0. The molecule has 1 saturated carbocycles. The average Bonchev–Trinajstić information content (AvgIpc) is 2.69. The van der Waals surface area contributed by atoms with Crippen LogP contribution in [-0.4, -0.2) is 16.0 Å². The van der Waals surface area contributed by atoms with Crippen LogP contribution in [0.4, 0.5) is 0 Å². The van der Waals surface area contributed by atoms with Crippen LogP contribution in [0.5, 0.6) is 0 Å². The molecule has 1 aromatic rings. The van der Waals surface area contributed by atoms with Gasteiger partial charge in [0.25, 0.3) is 5.91 Å². The number of nitriles is 1. The monoisotopic (exact) mass is 351 g/mol. The van der Waals surface area contributed by atoms with E-state index in [4.69, 9.17) is 0 Å². The van der Waals surface area contributed by atoms with Crippen LogP contribution in [0.15, 0.2) is 16.7 Å². The molecule has 5 heteroatoms. The van der Waals surface area contributed by atoms with E-state index in [1.807, 2.05) is 30.7 Å². The van der Waals surface area contributed by atoms with E-state index in [0.29, 0.717) is 5.69 Å². The molecular formula is C16H22BrN3O. The lowest BCUT2D eigenvalue weighted by Crippen LogP contribution is -2.47. The fraction of sp³-hybridized carbons (Fsp3) is 0.625. The molecule has 1 fully saturated rings. The number of rotatable bonds is 3. The zero-order chi connectivity index (χ0) is 15.5. The van der Waals surface area contributed by atoms with E-state index in [-0.39, 0.29) is 11.9 Å². The Morgan fingerprint density at radius 2 is 2.00 bits per heavy atom. The summed E-state index contributed by atoms with van der Waals surface area (Å²) in [4.78, 5) is 12.6. The standard InChI is InChI=1S/C16H22BrN3O/c1-12(2)20-10-13(17)9-14(20)15(21)19-16(11-18)7-5-3-4-6-8-16/h9-10,12H,3-8H2,1-2H3,(H,19,21). The second-order valence-corrected chi connectivity index (χ2v) is 7.02. The molecule has 114 valence electrons. The summed E-state index contributed by atoms with van der Waals surface area (Å²) in [5, 5.41) is 12.6. The molecular weight excluding hydrogens is 330 g/mol. The number of carbonyl (C=O) groups is 1. The number of amides is 1. The summed E-state index contributed by atoms with van der Waals surface area (Å²) < 4.78 is 2.81. The van der Waals surface area contributed by atoms with E-state index in [2.05, 4.69) is 27.3 Å². The minimum Gasteiger partial charge on any atom is -0.340 e. The van der Waals surface area contributed by atoms with Gasteiger partial charge in [-0.15, -0.1) is 0 Å². The molecule has 0 saturated heterocycles. The van der Waals surface area contributed by atoms with Crippen molar-refractivity contribution in [2.24, 2.45) is 0 Å². The van der Waals surface area contributed by atoms with Crippen molar-refractivity contribution in [2.75, 3.05) is 0 Å². The highest BCUT2D eigenvalue weighted by molar-refractivity contribution is 9.10. The molecule has 2 rings (SSSR count).